The van der Waals surface area contributed by atoms with Crippen molar-refractivity contribution in [3.63, 3.8) is 0 Å². The quantitative estimate of drug-likeness (QED) is 0.0688. The Hall–Kier alpha value is -5.75. The number of nitrogens with one attached hydrogen (secondary N) is 2. The van der Waals surface area contributed by atoms with Crippen LogP contribution in [-0.4, -0.2) is 59.8 Å². The molecule has 1 amide bonds. The van der Waals surface area contributed by atoms with Gasteiger partial charge in [-0.2, -0.15) is 0 Å². The Kier molecular flexibility index (Phi) is 14.3. The predicted octanol–water partition coefficient (Wildman–Crippen LogP) is 10.1. The van der Waals surface area contributed by atoms with E-state index in [2.05, 4.69) is 15.8 Å². The van der Waals surface area contributed by atoms with Gasteiger partial charge in [0.05, 0.1) is 59.9 Å². The predicted molar refractivity (Wildman–Crippen MR) is 220 cm³/mol. The Morgan fingerprint density at radius 1 is 0.614 bits per heavy atom. The molecule has 57 heavy (non-hydrogen) atoms. The van der Waals surface area contributed by atoms with Gasteiger partial charge in [-0.15, -0.1) is 0 Å². The second-order valence-electron chi connectivity index (χ2n) is 13.5. The number of fused-ring (bicyclic) bond motifs is 1. The van der Waals surface area contributed by atoms with Gasteiger partial charge in [0.15, 0.2) is 40.3 Å². The molecule has 1 unspecified atom stereocenters. The first-order valence-electron chi connectivity index (χ1n) is 19.1. The van der Waals surface area contributed by atoms with Crippen LogP contribution in [0.25, 0.3) is 22.6 Å². The summed E-state index contributed by atoms with van der Waals surface area (Å²) in [6, 6.07) is 22.2. The zero-order valence-electron chi connectivity index (χ0n) is 33.1. The standard InChI is InChI=1S/C44H50ClN3O9/c1-50-38-23-28(43-46-33-19-18-30(45)26-32(33)44(49)47-43)17-20-35(38)55-21-12-10-8-6-7-9-11-13-22-56-36-16-14-15-31(41(36)53-4)37-27-34(48-57-37)29-24-39(51-2)42(54-5)40(25-29)52-3/h14-20,23-27,43,46H,6-13,21-22H2,1-5H3,(H,47,49). The molecule has 0 fully saturated rings. The lowest BCUT2D eigenvalue weighted by Gasteiger charge is -2.28. The van der Waals surface area contributed by atoms with Gasteiger partial charge in [-0.25, -0.2) is 0 Å². The molecule has 0 aliphatic carbocycles. The maximum atomic E-state index is 12.7. The van der Waals surface area contributed by atoms with Crippen molar-refractivity contribution in [1.82, 2.24) is 10.5 Å². The summed E-state index contributed by atoms with van der Waals surface area (Å²) in [6.07, 6.45) is 8.35. The molecule has 2 N–H and O–H groups in total. The topological polar surface area (TPSA) is 132 Å². The van der Waals surface area contributed by atoms with Crippen LogP contribution in [0.5, 0.6) is 40.2 Å². The van der Waals surface area contributed by atoms with Crippen LogP contribution in [0.4, 0.5) is 5.69 Å². The van der Waals surface area contributed by atoms with Crippen LogP contribution in [-0.2, 0) is 0 Å². The average molecular weight is 800 g/mol. The summed E-state index contributed by atoms with van der Waals surface area (Å²) in [5.74, 6) is 4.48. The van der Waals surface area contributed by atoms with E-state index in [-0.39, 0.29) is 5.91 Å². The van der Waals surface area contributed by atoms with Crippen LogP contribution < -0.4 is 43.8 Å². The number of aromatic nitrogens is 1. The number of rotatable bonds is 21. The Morgan fingerprint density at radius 3 is 1.91 bits per heavy atom. The highest BCUT2D eigenvalue weighted by atomic mass is 35.5. The number of amides is 1. The highest BCUT2D eigenvalue weighted by Gasteiger charge is 2.26. The zero-order valence-corrected chi connectivity index (χ0v) is 33.8. The SMILES string of the molecule is COc1cc(C2NC(=O)c3cc(Cl)ccc3N2)ccc1OCCCCCCCCCCOc1cccc(-c2cc(-c3cc(OC)c(OC)c(OC)c3)no2)c1OC. The molecule has 0 spiro atoms. The average Bonchev–Trinajstić information content (AvgIpc) is 3.74. The summed E-state index contributed by atoms with van der Waals surface area (Å²) < 4.78 is 45.8. The lowest BCUT2D eigenvalue weighted by molar-refractivity contribution is 0.0935. The maximum Gasteiger partial charge on any atom is 0.255 e. The lowest BCUT2D eigenvalue weighted by atomic mass is 10.1. The molecule has 0 radical (unpaired) electrons. The van der Waals surface area contributed by atoms with E-state index in [4.69, 9.17) is 49.3 Å². The van der Waals surface area contributed by atoms with E-state index in [9.17, 15) is 4.79 Å². The molecule has 2 heterocycles. The molecular formula is C44H50ClN3O9. The van der Waals surface area contributed by atoms with Crippen molar-refractivity contribution < 1.29 is 42.5 Å². The van der Waals surface area contributed by atoms with Gasteiger partial charge in [0, 0.05) is 22.3 Å². The second kappa shape index (κ2) is 19.9. The molecule has 1 atom stereocenters. The van der Waals surface area contributed by atoms with Gasteiger partial charge in [0.25, 0.3) is 5.91 Å². The zero-order chi connectivity index (χ0) is 40.1. The molecular weight excluding hydrogens is 750 g/mol. The number of benzene rings is 4. The number of hydrogen-bond acceptors (Lipinski definition) is 11. The number of hydrogen-bond donors (Lipinski definition) is 2. The largest absolute Gasteiger partial charge is 0.493 e. The Morgan fingerprint density at radius 2 is 1.26 bits per heavy atom. The number of nitrogens with zero attached hydrogens (tertiary/aromatic N) is 1. The van der Waals surface area contributed by atoms with E-state index in [0.717, 1.165) is 60.9 Å². The molecule has 4 aromatic carbocycles. The minimum atomic E-state index is -0.396. The van der Waals surface area contributed by atoms with Gasteiger partial charge < -0.3 is 48.3 Å². The minimum absolute atomic E-state index is 0.182. The van der Waals surface area contributed by atoms with Crippen LogP contribution in [0.2, 0.25) is 5.02 Å². The monoisotopic (exact) mass is 799 g/mol. The van der Waals surface area contributed by atoms with Crippen molar-refractivity contribution in [3.8, 4) is 62.8 Å². The molecule has 0 bridgehead atoms. The number of ether oxygens (including phenoxy) is 7. The van der Waals surface area contributed by atoms with E-state index in [0.29, 0.717) is 75.5 Å². The molecule has 13 heteroatoms. The number of methoxy groups -OCH3 is 5. The molecule has 6 rings (SSSR count). The van der Waals surface area contributed by atoms with E-state index in [1.165, 1.54) is 12.8 Å². The van der Waals surface area contributed by atoms with Crippen LogP contribution >= 0.6 is 11.6 Å². The van der Waals surface area contributed by atoms with E-state index in [1.807, 2.05) is 60.7 Å². The van der Waals surface area contributed by atoms with Crippen LogP contribution in [0.1, 0.15) is 73.5 Å². The number of halogens is 1. The summed E-state index contributed by atoms with van der Waals surface area (Å²) in [5, 5.41) is 11.1. The van der Waals surface area contributed by atoms with Gasteiger partial charge in [0.2, 0.25) is 5.75 Å². The highest BCUT2D eigenvalue weighted by molar-refractivity contribution is 6.31. The fourth-order valence-corrected chi connectivity index (χ4v) is 6.98. The first-order chi connectivity index (χ1) is 27.9. The molecule has 5 aromatic rings. The van der Waals surface area contributed by atoms with Gasteiger partial charge in [-0.1, -0.05) is 67.4 Å². The van der Waals surface area contributed by atoms with Gasteiger partial charge >= 0.3 is 0 Å². The third-order valence-corrected chi connectivity index (χ3v) is 10.0. The van der Waals surface area contributed by atoms with Crippen molar-refractivity contribution in [2.45, 2.75) is 57.5 Å². The fourth-order valence-electron chi connectivity index (χ4n) is 6.81. The molecule has 302 valence electrons. The van der Waals surface area contributed by atoms with E-state index >= 15 is 0 Å². The molecule has 12 nitrogen and oxygen atoms in total. The van der Waals surface area contributed by atoms with Crippen molar-refractivity contribution in [3.05, 3.63) is 88.9 Å². The number of carbonyl (C=O) groups is 1. The Balaban J connectivity index is 0.881. The van der Waals surface area contributed by atoms with Gasteiger partial charge in [-0.05, 0) is 73.0 Å². The molecule has 0 saturated carbocycles. The van der Waals surface area contributed by atoms with Crippen LogP contribution in [0, 0.1) is 0 Å². The van der Waals surface area contributed by atoms with Crippen LogP contribution in [0.15, 0.2) is 77.3 Å². The second-order valence-corrected chi connectivity index (χ2v) is 13.9. The summed E-state index contributed by atoms with van der Waals surface area (Å²) in [4.78, 5) is 12.7. The van der Waals surface area contributed by atoms with Gasteiger partial charge in [-0.3, -0.25) is 4.79 Å². The fraction of sp³-hybridized carbons (Fsp3) is 0.364. The number of anilines is 1. The molecule has 1 aliphatic heterocycles. The summed E-state index contributed by atoms with van der Waals surface area (Å²) in [7, 11) is 7.96. The van der Waals surface area contributed by atoms with E-state index in [1.54, 1.807) is 47.7 Å². The van der Waals surface area contributed by atoms with E-state index < -0.39 is 6.17 Å². The maximum absolute atomic E-state index is 12.7. The number of para-hydroxylation sites is 1. The van der Waals surface area contributed by atoms with Crippen molar-refractivity contribution in [1.29, 1.82) is 0 Å². The summed E-state index contributed by atoms with van der Waals surface area (Å²) in [6.45, 7) is 1.19. The Bertz CT molecular complexity index is 2100. The van der Waals surface area contributed by atoms with Crippen molar-refractivity contribution in [2.75, 3.05) is 54.1 Å². The first kappa shape index (κ1) is 40.9. The smallest absolute Gasteiger partial charge is 0.255 e. The normalized spacial score (nSPS) is 13.2. The lowest BCUT2D eigenvalue weighted by Crippen LogP contribution is -2.38. The first-order valence-corrected chi connectivity index (χ1v) is 19.5. The molecule has 1 aliphatic rings. The highest BCUT2D eigenvalue weighted by Crippen LogP contribution is 2.43. The van der Waals surface area contributed by atoms with Crippen molar-refractivity contribution >= 4 is 23.2 Å². The molecule has 1 aromatic heterocycles. The molecule has 0 saturated heterocycles. The summed E-state index contributed by atoms with van der Waals surface area (Å²) >= 11 is 6.07. The number of unbranched alkanes of at least 4 members (excludes halogenated alkanes) is 7. The van der Waals surface area contributed by atoms with Crippen LogP contribution in [0.3, 0.4) is 0 Å². The minimum Gasteiger partial charge on any atom is -0.493 e. The Labute approximate surface area is 338 Å². The van der Waals surface area contributed by atoms with Crippen molar-refractivity contribution in [2.24, 2.45) is 0 Å². The third kappa shape index (κ3) is 9.98. The summed E-state index contributed by atoms with van der Waals surface area (Å²) in [5.41, 5.74) is 4.22. The third-order valence-electron chi connectivity index (χ3n) is 9.80. The van der Waals surface area contributed by atoms with Gasteiger partial charge in [0.1, 0.15) is 11.9 Å². The number of carbonyl (C=O) groups excluding carboxylic acids is 1.